The molecule has 9 heteroatoms. The number of methoxy groups -OCH3 is 1. The monoisotopic (exact) mass is 482 g/mol. The maximum atomic E-state index is 13.4. The number of esters is 2. The minimum Gasteiger partial charge on any atom is -0.466 e. The average Bonchev–Trinajstić information content (AvgIpc) is 2.87. The molecule has 0 saturated carbocycles. The van der Waals surface area contributed by atoms with E-state index in [0.29, 0.717) is 17.0 Å². The van der Waals surface area contributed by atoms with E-state index in [9.17, 15) is 19.7 Å². The molecule has 1 atom stereocenters. The van der Waals surface area contributed by atoms with Crippen molar-refractivity contribution in [3.63, 3.8) is 0 Å². The molecular formula is C26H29N3O6. The summed E-state index contributed by atoms with van der Waals surface area (Å²) < 4.78 is 34.0. The number of nitro benzene ring substituents is 1. The molecule has 35 heavy (non-hydrogen) atoms. The summed E-state index contributed by atoms with van der Waals surface area (Å²) in [5.41, 5.74) is 1.92. The predicted molar refractivity (Wildman–Crippen MR) is 130 cm³/mol. The minimum atomic E-state index is -2.42. The Morgan fingerprint density at radius 3 is 2.40 bits per heavy atom. The smallest absolute Gasteiger partial charge is 0.336 e. The van der Waals surface area contributed by atoms with Crippen LogP contribution in [-0.2, 0) is 25.6 Å². The number of allylic oxidation sites excluding steroid dienone is 2. The zero-order valence-corrected chi connectivity index (χ0v) is 19.7. The summed E-state index contributed by atoms with van der Waals surface area (Å²) in [6.07, 6.45) is 0. The molecule has 0 saturated heterocycles. The lowest BCUT2D eigenvalue weighted by atomic mass is 9.80. The number of hydrogen-bond acceptors (Lipinski definition) is 8. The van der Waals surface area contributed by atoms with Crippen LogP contribution in [0.15, 0.2) is 77.1 Å². The molecular weight excluding hydrogens is 450 g/mol. The van der Waals surface area contributed by atoms with Crippen LogP contribution in [-0.4, -0.2) is 49.0 Å². The Labute approximate surface area is 208 Å². The van der Waals surface area contributed by atoms with Gasteiger partial charge in [0.15, 0.2) is 0 Å². The second-order valence-electron chi connectivity index (χ2n) is 8.02. The lowest BCUT2D eigenvalue weighted by Crippen LogP contribution is -2.33. The normalized spacial score (nSPS) is 17.3. The third-order valence-corrected chi connectivity index (χ3v) is 5.61. The van der Waals surface area contributed by atoms with Crippen LogP contribution in [0.5, 0.6) is 0 Å². The number of ether oxygens (including phenoxy) is 2. The van der Waals surface area contributed by atoms with E-state index in [0.717, 1.165) is 5.56 Å². The summed E-state index contributed by atoms with van der Waals surface area (Å²) in [6, 6.07) is 14.7. The molecule has 1 aliphatic rings. The number of carbonyl (C=O) groups is 2. The second kappa shape index (κ2) is 11.4. The molecule has 184 valence electrons. The highest BCUT2D eigenvalue weighted by atomic mass is 16.6. The average molecular weight is 483 g/mol. The van der Waals surface area contributed by atoms with Gasteiger partial charge in [0.2, 0.25) is 0 Å². The standard InChI is InChI=1S/C26H29N3O6/c1-17-22(25(30)34-4)24(20-11-8-12-21(15-20)29(32)33)23(18(2)27-17)26(31)35-14-13-28(3)16-19-9-6-5-7-10-19/h5-12,15,24,27H,13-14,16H2,1-4H3/i3D3. The fraction of sp³-hybridized carbons (Fsp3) is 0.308. The summed E-state index contributed by atoms with van der Waals surface area (Å²) in [7, 11) is 1.20. The molecule has 1 unspecified atom stereocenters. The first-order chi connectivity index (χ1) is 17.9. The molecule has 2 aromatic carbocycles. The first-order valence-corrected chi connectivity index (χ1v) is 10.9. The Hall–Kier alpha value is -3.98. The Bertz CT molecular complexity index is 1270. The van der Waals surface area contributed by atoms with Gasteiger partial charge in [-0.2, -0.15) is 0 Å². The molecule has 9 nitrogen and oxygen atoms in total. The highest BCUT2D eigenvalue weighted by molar-refractivity contribution is 5.99. The van der Waals surface area contributed by atoms with Crippen molar-refractivity contribution in [2.75, 3.05) is 27.2 Å². The van der Waals surface area contributed by atoms with Gasteiger partial charge in [0, 0.05) is 40.7 Å². The van der Waals surface area contributed by atoms with Gasteiger partial charge in [0.1, 0.15) is 6.61 Å². The van der Waals surface area contributed by atoms with E-state index in [1.54, 1.807) is 44.2 Å². The van der Waals surface area contributed by atoms with Crippen LogP contribution >= 0.6 is 0 Å². The number of rotatable bonds is 9. The first-order valence-electron chi connectivity index (χ1n) is 12.4. The zero-order chi connectivity index (χ0) is 28.0. The van der Waals surface area contributed by atoms with Crippen molar-refractivity contribution < 1.29 is 28.1 Å². The van der Waals surface area contributed by atoms with E-state index < -0.39 is 29.8 Å². The third kappa shape index (κ3) is 6.13. The maximum absolute atomic E-state index is 13.4. The van der Waals surface area contributed by atoms with Crippen molar-refractivity contribution in [2.24, 2.45) is 0 Å². The van der Waals surface area contributed by atoms with Crippen LogP contribution in [0.3, 0.4) is 0 Å². The molecule has 0 spiro atoms. The van der Waals surface area contributed by atoms with E-state index in [-0.39, 0.29) is 36.5 Å². The number of dihydropyridines is 1. The summed E-state index contributed by atoms with van der Waals surface area (Å²) in [4.78, 5) is 38.2. The predicted octanol–water partition coefficient (Wildman–Crippen LogP) is 3.68. The van der Waals surface area contributed by atoms with Crippen molar-refractivity contribution in [3.05, 3.63) is 98.4 Å². The summed E-state index contributed by atoms with van der Waals surface area (Å²) >= 11 is 0. The van der Waals surface area contributed by atoms with Crippen molar-refractivity contribution >= 4 is 17.6 Å². The number of likely N-dealkylation sites (N-methyl/N-ethyl adjacent to an activating group) is 1. The number of nitrogens with zero attached hydrogens (tertiary/aromatic N) is 2. The lowest BCUT2D eigenvalue weighted by molar-refractivity contribution is -0.384. The lowest BCUT2D eigenvalue weighted by Gasteiger charge is -2.30. The van der Waals surface area contributed by atoms with Crippen LogP contribution < -0.4 is 5.32 Å². The fourth-order valence-corrected chi connectivity index (χ4v) is 4.01. The van der Waals surface area contributed by atoms with Crippen LogP contribution in [0, 0.1) is 10.1 Å². The van der Waals surface area contributed by atoms with Crippen molar-refractivity contribution in [1.29, 1.82) is 0 Å². The Morgan fingerprint density at radius 1 is 1.09 bits per heavy atom. The molecule has 3 rings (SSSR count). The number of carbonyl (C=O) groups excluding carboxylic acids is 2. The van der Waals surface area contributed by atoms with Crippen molar-refractivity contribution in [1.82, 2.24) is 10.2 Å². The molecule has 2 aromatic rings. The third-order valence-electron chi connectivity index (χ3n) is 5.61. The summed E-state index contributed by atoms with van der Waals surface area (Å²) in [6.45, 7) is 0.661. The van der Waals surface area contributed by atoms with Crippen LogP contribution in [0.1, 0.15) is 35.0 Å². The molecule has 0 aliphatic carbocycles. The zero-order valence-electron chi connectivity index (χ0n) is 22.7. The van der Waals surface area contributed by atoms with E-state index >= 15 is 0 Å². The Morgan fingerprint density at radius 2 is 1.77 bits per heavy atom. The number of nitro groups is 1. The van der Waals surface area contributed by atoms with Gasteiger partial charge in [0.25, 0.3) is 5.69 Å². The number of non-ortho nitro benzene ring substituents is 1. The molecule has 1 aliphatic heterocycles. The quantitative estimate of drug-likeness (QED) is 0.327. The van der Waals surface area contributed by atoms with Gasteiger partial charge in [-0.25, -0.2) is 9.59 Å². The number of hydrogen-bond donors (Lipinski definition) is 1. The number of benzene rings is 2. The molecule has 0 radical (unpaired) electrons. The van der Waals surface area contributed by atoms with E-state index in [4.69, 9.17) is 13.6 Å². The molecule has 0 amide bonds. The second-order valence-corrected chi connectivity index (χ2v) is 8.02. The number of nitrogens with one attached hydrogen (secondary N) is 1. The van der Waals surface area contributed by atoms with Gasteiger partial charge in [0.05, 0.1) is 29.1 Å². The maximum Gasteiger partial charge on any atom is 0.336 e. The van der Waals surface area contributed by atoms with E-state index in [2.05, 4.69) is 5.32 Å². The van der Waals surface area contributed by atoms with Crippen LogP contribution in [0.4, 0.5) is 5.69 Å². The van der Waals surface area contributed by atoms with Gasteiger partial charge in [-0.1, -0.05) is 42.5 Å². The SMILES string of the molecule is [2H]C([2H])([2H])N(CCOC(=O)C1=C(C)NC(C)=C(C(=O)OC)C1c1cccc([N+](=O)[O-])c1)Cc1ccccc1. The Kier molecular flexibility index (Phi) is 7.04. The highest BCUT2D eigenvalue weighted by Gasteiger charge is 2.38. The molecule has 0 fully saturated rings. The van der Waals surface area contributed by atoms with Crippen LogP contribution in [0.25, 0.3) is 0 Å². The summed E-state index contributed by atoms with van der Waals surface area (Å²) in [5, 5.41) is 14.4. The topological polar surface area (TPSA) is 111 Å². The largest absolute Gasteiger partial charge is 0.466 e. The van der Waals surface area contributed by atoms with Gasteiger partial charge in [-0.3, -0.25) is 15.0 Å². The molecule has 1 N–H and O–H groups in total. The minimum absolute atomic E-state index is 0.0694. The highest BCUT2D eigenvalue weighted by Crippen LogP contribution is 2.40. The van der Waals surface area contributed by atoms with Crippen molar-refractivity contribution in [2.45, 2.75) is 26.3 Å². The van der Waals surface area contributed by atoms with Gasteiger partial charge >= 0.3 is 11.9 Å². The van der Waals surface area contributed by atoms with E-state index in [1.165, 1.54) is 30.2 Å². The molecule has 0 bridgehead atoms. The van der Waals surface area contributed by atoms with E-state index in [1.807, 2.05) is 6.07 Å². The Balaban J connectivity index is 1.88. The van der Waals surface area contributed by atoms with Crippen molar-refractivity contribution in [3.8, 4) is 0 Å². The van der Waals surface area contributed by atoms with Gasteiger partial charge in [-0.05, 0) is 32.0 Å². The van der Waals surface area contributed by atoms with Gasteiger partial charge in [-0.15, -0.1) is 0 Å². The fourth-order valence-electron chi connectivity index (χ4n) is 4.01. The summed E-state index contributed by atoms with van der Waals surface area (Å²) in [5.74, 6) is -2.49. The van der Waals surface area contributed by atoms with Crippen LogP contribution in [0.2, 0.25) is 0 Å². The molecule has 1 heterocycles. The van der Waals surface area contributed by atoms with Gasteiger partial charge < -0.3 is 14.8 Å². The molecule has 0 aromatic heterocycles. The first kappa shape index (κ1) is 21.5.